The SMILES string of the molecule is CN(Cc1nccc(N)n1)c1ccc(Br)cc1. The second-order valence-electron chi connectivity index (χ2n) is 3.73. The summed E-state index contributed by atoms with van der Waals surface area (Å²) in [6.07, 6.45) is 1.67. The van der Waals surface area contributed by atoms with Crippen LogP contribution in [0, 0.1) is 0 Å². The number of nitrogens with zero attached hydrogens (tertiary/aromatic N) is 3. The van der Waals surface area contributed by atoms with Gasteiger partial charge in [-0.2, -0.15) is 0 Å². The maximum atomic E-state index is 5.62. The van der Waals surface area contributed by atoms with Gasteiger partial charge in [0, 0.05) is 23.4 Å². The summed E-state index contributed by atoms with van der Waals surface area (Å²) in [5.41, 5.74) is 6.73. The van der Waals surface area contributed by atoms with Crippen molar-refractivity contribution in [2.75, 3.05) is 17.7 Å². The van der Waals surface area contributed by atoms with E-state index in [1.807, 2.05) is 31.3 Å². The Morgan fingerprint density at radius 2 is 1.94 bits per heavy atom. The molecule has 0 radical (unpaired) electrons. The van der Waals surface area contributed by atoms with Crippen molar-refractivity contribution in [3.63, 3.8) is 0 Å². The summed E-state index contributed by atoms with van der Waals surface area (Å²) in [6.45, 7) is 0.632. The third-order valence-electron chi connectivity index (χ3n) is 2.37. The van der Waals surface area contributed by atoms with Crippen molar-refractivity contribution in [2.45, 2.75) is 6.54 Å². The Labute approximate surface area is 109 Å². The monoisotopic (exact) mass is 292 g/mol. The average Bonchev–Trinajstić information content (AvgIpc) is 2.29. The number of rotatable bonds is 3. The number of nitrogens with two attached hydrogens (primary N) is 1. The number of aromatic nitrogens is 2. The average molecular weight is 293 g/mol. The Bertz CT molecular complexity index is 498. The quantitative estimate of drug-likeness (QED) is 0.944. The van der Waals surface area contributed by atoms with E-state index in [4.69, 9.17) is 5.73 Å². The molecule has 0 bridgehead atoms. The van der Waals surface area contributed by atoms with Crippen molar-refractivity contribution in [1.82, 2.24) is 9.97 Å². The largest absolute Gasteiger partial charge is 0.384 e. The Hall–Kier alpha value is -1.62. The van der Waals surface area contributed by atoms with Gasteiger partial charge in [0.05, 0.1) is 6.54 Å². The minimum Gasteiger partial charge on any atom is -0.384 e. The fraction of sp³-hybridized carbons (Fsp3) is 0.167. The highest BCUT2D eigenvalue weighted by Crippen LogP contribution is 2.18. The van der Waals surface area contributed by atoms with Crippen LogP contribution in [0.2, 0.25) is 0 Å². The number of hydrogen-bond donors (Lipinski definition) is 1. The van der Waals surface area contributed by atoms with Crippen LogP contribution in [-0.4, -0.2) is 17.0 Å². The lowest BCUT2D eigenvalue weighted by Gasteiger charge is -2.18. The fourth-order valence-electron chi connectivity index (χ4n) is 1.49. The van der Waals surface area contributed by atoms with Gasteiger partial charge in [-0.15, -0.1) is 0 Å². The zero-order valence-electron chi connectivity index (χ0n) is 9.47. The van der Waals surface area contributed by atoms with Crippen LogP contribution in [0.15, 0.2) is 41.0 Å². The van der Waals surface area contributed by atoms with Gasteiger partial charge in [0.2, 0.25) is 0 Å². The van der Waals surface area contributed by atoms with Gasteiger partial charge in [0.15, 0.2) is 0 Å². The first-order valence-corrected chi connectivity index (χ1v) is 5.98. The second-order valence-corrected chi connectivity index (χ2v) is 4.65. The van der Waals surface area contributed by atoms with Crippen LogP contribution >= 0.6 is 15.9 Å². The van der Waals surface area contributed by atoms with E-state index in [0.29, 0.717) is 12.4 Å². The molecule has 2 aromatic rings. The number of hydrogen-bond acceptors (Lipinski definition) is 4. The van der Waals surface area contributed by atoms with E-state index in [9.17, 15) is 0 Å². The molecule has 0 saturated carbocycles. The highest BCUT2D eigenvalue weighted by atomic mass is 79.9. The van der Waals surface area contributed by atoms with Crippen LogP contribution in [0.1, 0.15) is 5.82 Å². The Kier molecular flexibility index (Phi) is 3.58. The van der Waals surface area contributed by atoms with Gasteiger partial charge >= 0.3 is 0 Å². The lowest BCUT2D eigenvalue weighted by atomic mass is 10.3. The molecule has 88 valence electrons. The fourth-order valence-corrected chi connectivity index (χ4v) is 1.75. The third kappa shape index (κ3) is 3.17. The molecule has 1 aromatic carbocycles. The predicted molar refractivity (Wildman–Crippen MR) is 72.7 cm³/mol. The molecule has 0 atom stereocenters. The lowest BCUT2D eigenvalue weighted by Crippen LogP contribution is -2.18. The number of benzene rings is 1. The Balaban J connectivity index is 2.11. The molecule has 0 amide bonds. The van der Waals surface area contributed by atoms with Crippen molar-refractivity contribution < 1.29 is 0 Å². The first kappa shape index (κ1) is 11.9. The highest BCUT2D eigenvalue weighted by molar-refractivity contribution is 9.10. The van der Waals surface area contributed by atoms with Gasteiger partial charge in [-0.25, -0.2) is 9.97 Å². The molecule has 0 aliphatic rings. The first-order valence-electron chi connectivity index (χ1n) is 5.19. The Morgan fingerprint density at radius 1 is 1.24 bits per heavy atom. The molecule has 0 unspecified atom stereocenters. The molecule has 0 aliphatic carbocycles. The molecule has 17 heavy (non-hydrogen) atoms. The van der Waals surface area contributed by atoms with Crippen LogP contribution < -0.4 is 10.6 Å². The normalized spacial score (nSPS) is 10.2. The molecule has 0 fully saturated rings. The van der Waals surface area contributed by atoms with Gasteiger partial charge in [-0.05, 0) is 30.3 Å². The first-order chi connectivity index (χ1) is 8.15. The lowest BCUT2D eigenvalue weighted by molar-refractivity contribution is 0.840. The summed E-state index contributed by atoms with van der Waals surface area (Å²) in [7, 11) is 2.00. The molecule has 0 aliphatic heterocycles. The van der Waals surface area contributed by atoms with Crippen LogP contribution in [0.3, 0.4) is 0 Å². The summed E-state index contributed by atoms with van der Waals surface area (Å²) in [5, 5.41) is 0. The van der Waals surface area contributed by atoms with Crippen molar-refractivity contribution >= 4 is 27.4 Å². The van der Waals surface area contributed by atoms with Crippen molar-refractivity contribution in [1.29, 1.82) is 0 Å². The summed E-state index contributed by atoms with van der Waals surface area (Å²) >= 11 is 3.41. The van der Waals surface area contributed by atoms with Crippen LogP contribution in [-0.2, 0) is 6.54 Å². The van der Waals surface area contributed by atoms with Gasteiger partial charge in [-0.3, -0.25) is 0 Å². The minimum atomic E-state index is 0.499. The molecule has 2 rings (SSSR count). The second kappa shape index (κ2) is 5.14. The maximum Gasteiger partial charge on any atom is 0.149 e. The van der Waals surface area contributed by atoms with Crippen molar-refractivity contribution in [3.8, 4) is 0 Å². The van der Waals surface area contributed by atoms with Gasteiger partial charge in [0.25, 0.3) is 0 Å². The van der Waals surface area contributed by atoms with Crippen molar-refractivity contribution in [2.24, 2.45) is 0 Å². The third-order valence-corrected chi connectivity index (χ3v) is 2.90. The molecule has 1 heterocycles. The van der Waals surface area contributed by atoms with E-state index in [2.05, 4.69) is 30.8 Å². The standard InChI is InChI=1S/C12H13BrN4/c1-17(10-4-2-9(13)3-5-10)8-12-15-7-6-11(14)16-12/h2-7H,8H2,1H3,(H2,14,15,16). The van der Waals surface area contributed by atoms with E-state index in [0.717, 1.165) is 16.0 Å². The van der Waals surface area contributed by atoms with E-state index < -0.39 is 0 Å². The molecule has 0 saturated heterocycles. The Morgan fingerprint density at radius 3 is 2.59 bits per heavy atom. The van der Waals surface area contributed by atoms with Crippen LogP contribution in [0.4, 0.5) is 11.5 Å². The molecule has 1 aromatic heterocycles. The zero-order valence-corrected chi connectivity index (χ0v) is 11.1. The van der Waals surface area contributed by atoms with Crippen LogP contribution in [0.25, 0.3) is 0 Å². The van der Waals surface area contributed by atoms with Gasteiger partial charge in [0.1, 0.15) is 11.6 Å². The number of anilines is 2. The molecule has 5 heteroatoms. The van der Waals surface area contributed by atoms with Crippen LogP contribution in [0.5, 0.6) is 0 Å². The molecule has 2 N–H and O–H groups in total. The summed E-state index contributed by atoms with van der Waals surface area (Å²) in [4.78, 5) is 10.4. The summed E-state index contributed by atoms with van der Waals surface area (Å²) in [5.74, 6) is 1.22. The van der Waals surface area contributed by atoms with E-state index in [1.165, 1.54) is 0 Å². The highest BCUT2D eigenvalue weighted by Gasteiger charge is 2.04. The van der Waals surface area contributed by atoms with Crippen molar-refractivity contribution in [3.05, 3.63) is 46.8 Å². The van der Waals surface area contributed by atoms with E-state index in [1.54, 1.807) is 12.3 Å². The van der Waals surface area contributed by atoms with E-state index in [-0.39, 0.29) is 0 Å². The molecular weight excluding hydrogens is 280 g/mol. The molecule has 0 spiro atoms. The predicted octanol–water partition coefficient (Wildman–Crippen LogP) is 2.46. The number of nitrogen functional groups attached to an aromatic ring is 1. The minimum absolute atomic E-state index is 0.499. The summed E-state index contributed by atoms with van der Waals surface area (Å²) < 4.78 is 1.06. The van der Waals surface area contributed by atoms with E-state index >= 15 is 0 Å². The smallest absolute Gasteiger partial charge is 0.149 e. The maximum absolute atomic E-state index is 5.62. The summed E-state index contributed by atoms with van der Waals surface area (Å²) in [6, 6.07) is 9.77. The number of halogens is 1. The zero-order chi connectivity index (χ0) is 12.3. The molecular formula is C12H13BrN4. The van der Waals surface area contributed by atoms with Gasteiger partial charge < -0.3 is 10.6 Å². The van der Waals surface area contributed by atoms with Gasteiger partial charge in [-0.1, -0.05) is 15.9 Å². The molecule has 4 nitrogen and oxygen atoms in total. The topological polar surface area (TPSA) is 55.0 Å².